The number of anilines is 2. The number of methoxy groups -OCH3 is 1. The average Bonchev–Trinajstić information content (AvgIpc) is 3.91. The SMILES string of the molecule is COc1cc2c(Oc3ccc(N(C(=O)C4(C(N)=O)CC4)c4ccc(F)cc4)cc3)ccnc2cc1OCCCOCCCOCCCO. The molecule has 4 aromatic rings. The van der Waals surface area contributed by atoms with Gasteiger partial charge in [-0.25, -0.2) is 4.39 Å². The summed E-state index contributed by atoms with van der Waals surface area (Å²) in [4.78, 5) is 31.6. The summed E-state index contributed by atoms with van der Waals surface area (Å²) < 4.78 is 42.6. The fourth-order valence-electron chi connectivity index (χ4n) is 5.14. The van der Waals surface area contributed by atoms with Crippen molar-refractivity contribution >= 4 is 34.1 Å². The maximum absolute atomic E-state index is 13.7. The van der Waals surface area contributed by atoms with Gasteiger partial charge >= 0.3 is 0 Å². The molecule has 1 aliphatic carbocycles. The number of amides is 2. The Morgan fingerprint density at radius 2 is 1.48 bits per heavy atom. The number of aromatic nitrogens is 1. The van der Waals surface area contributed by atoms with Crippen LogP contribution in [0.1, 0.15) is 32.1 Å². The Balaban J connectivity index is 1.24. The van der Waals surface area contributed by atoms with Gasteiger partial charge in [0.15, 0.2) is 11.5 Å². The molecule has 3 aromatic carbocycles. The lowest BCUT2D eigenvalue weighted by molar-refractivity contribution is -0.133. The van der Waals surface area contributed by atoms with Gasteiger partial charge in [0.05, 0.1) is 19.2 Å². The molecule has 1 heterocycles. The molecular formula is C36H40FN3O8. The van der Waals surface area contributed by atoms with E-state index in [0.717, 1.165) is 6.42 Å². The predicted octanol–water partition coefficient (Wildman–Crippen LogP) is 5.68. The summed E-state index contributed by atoms with van der Waals surface area (Å²) in [7, 11) is 1.56. The van der Waals surface area contributed by atoms with Crippen molar-refractivity contribution in [1.82, 2.24) is 4.98 Å². The van der Waals surface area contributed by atoms with E-state index in [1.807, 2.05) is 6.07 Å². The van der Waals surface area contributed by atoms with Crippen LogP contribution in [-0.2, 0) is 19.1 Å². The monoisotopic (exact) mass is 661 g/mol. The minimum atomic E-state index is -1.27. The summed E-state index contributed by atoms with van der Waals surface area (Å²) in [6.45, 7) is 2.85. The van der Waals surface area contributed by atoms with Crippen LogP contribution in [0, 0.1) is 11.2 Å². The van der Waals surface area contributed by atoms with Gasteiger partial charge in [0.1, 0.15) is 22.7 Å². The molecule has 0 atom stereocenters. The lowest BCUT2D eigenvalue weighted by atomic mass is 10.0. The molecule has 0 unspecified atom stereocenters. The number of hydrogen-bond acceptors (Lipinski definition) is 9. The summed E-state index contributed by atoms with van der Waals surface area (Å²) in [5, 5.41) is 9.47. The summed E-state index contributed by atoms with van der Waals surface area (Å²) >= 11 is 0. The summed E-state index contributed by atoms with van der Waals surface area (Å²) in [5.74, 6) is 0.517. The van der Waals surface area contributed by atoms with Gasteiger partial charge in [0.25, 0.3) is 0 Å². The van der Waals surface area contributed by atoms with E-state index in [2.05, 4.69) is 4.98 Å². The second kappa shape index (κ2) is 16.4. The van der Waals surface area contributed by atoms with Gasteiger partial charge in [-0.2, -0.15) is 0 Å². The lowest BCUT2D eigenvalue weighted by Gasteiger charge is -2.26. The number of ether oxygens (including phenoxy) is 5. The normalized spacial score (nSPS) is 13.2. The van der Waals surface area contributed by atoms with Crippen LogP contribution in [0.15, 0.2) is 72.9 Å². The fourth-order valence-corrected chi connectivity index (χ4v) is 5.14. The van der Waals surface area contributed by atoms with Crippen LogP contribution in [0.4, 0.5) is 15.8 Å². The highest BCUT2D eigenvalue weighted by Gasteiger charge is 2.57. The number of aliphatic hydroxyl groups excluding tert-OH is 1. The Hall–Kier alpha value is -4.78. The molecule has 1 aromatic heterocycles. The van der Waals surface area contributed by atoms with Crippen LogP contribution in [0.5, 0.6) is 23.0 Å². The van der Waals surface area contributed by atoms with E-state index < -0.39 is 23.0 Å². The Morgan fingerprint density at radius 3 is 2.08 bits per heavy atom. The van der Waals surface area contributed by atoms with Crippen molar-refractivity contribution in [3.8, 4) is 23.0 Å². The van der Waals surface area contributed by atoms with Crippen LogP contribution < -0.4 is 24.8 Å². The van der Waals surface area contributed by atoms with E-state index in [9.17, 15) is 14.0 Å². The molecule has 0 bridgehead atoms. The third-order valence-corrected chi connectivity index (χ3v) is 7.94. The second-order valence-electron chi connectivity index (χ2n) is 11.3. The minimum absolute atomic E-state index is 0.132. The number of halogens is 1. The van der Waals surface area contributed by atoms with Crippen LogP contribution in [0.3, 0.4) is 0 Å². The highest BCUT2D eigenvalue weighted by atomic mass is 19.1. The van der Waals surface area contributed by atoms with Gasteiger partial charge < -0.3 is 34.5 Å². The quantitative estimate of drug-likeness (QED) is 0.0959. The van der Waals surface area contributed by atoms with Crippen molar-refractivity contribution in [2.45, 2.75) is 32.1 Å². The number of carbonyl (C=O) groups excluding carboxylic acids is 2. The third-order valence-electron chi connectivity index (χ3n) is 7.94. The van der Waals surface area contributed by atoms with E-state index in [1.54, 1.807) is 49.7 Å². The smallest absolute Gasteiger partial charge is 0.247 e. The number of aliphatic hydroxyl groups is 1. The van der Waals surface area contributed by atoms with Crippen LogP contribution >= 0.6 is 0 Å². The molecule has 1 saturated carbocycles. The number of primary amides is 1. The van der Waals surface area contributed by atoms with Gasteiger partial charge in [0, 0.05) is 68.5 Å². The summed E-state index contributed by atoms with van der Waals surface area (Å²) in [6, 6.07) is 17.6. The van der Waals surface area contributed by atoms with Gasteiger partial charge in [-0.15, -0.1) is 0 Å². The Kier molecular flexibility index (Phi) is 11.8. The highest BCUT2D eigenvalue weighted by molar-refractivity contribution is 6.16. The molecule has 11 nitrogen and oxygen atoms in total. The first kappa shape index (κ1) is 34.6. The first-order chi connectivity index (χ1) is 23.4. The third kappa shape index (κ3) is 8.38. The maximum atomic E-state index is 13.7. The molecule has 1 aliphatic rings. The van der Waals surface area contributed by atoms with Crippen LogP contribution in [0.25, 0.3) is 10.9 Å². The van der Waals surface area contributed by atoms with E-state index in [-0.39, 0.29) is 6.61 Å². The largest absolute Gasteiger partial charge is 0.493 e. The molecule has 12 heteroatoms. The summed E-state index contributed by atoms with van der Waals surface area (Å²) in [6.07, 6.45) is 4.48. The highest BCUT2D eigenvalue weighted by Crippen LogP contribution is 2.49. The van der Waals surface area contributed by atoms with Gasteiger partial charge in [0.2, 0.25) is 11.8 Å². The molecule has 0 radical (unpaired) electrons. The first-order valence-corrected chi connectivity index (χ1v) is 15.9. The predicted molar refractivity (Wildman–Crippen MR) is 177 cm³/mol. The van der Waals surface area contributed by atoms with Crippen LogP contribution in [0.2, 0.25) is 0 Å². The molecule has 5 rings (SSSR count). The number of pyridine rings is 1. The Morgan fingerprint density at radius 1 is 0.854 bits per heavy atom. The van der Waals surface area contributed by atoms with Crippen molar-refractivity contribution in [1.29, 1.82) is 0 Å². The molecule has 3 N–H and O–H groups in total. The van der Waals surface area contributed by atoms with E-state index in [1.165, 1.54) is 29.2 Å². The number of fused-ring (bicyclic) bond motifs is 1. The average molecular weight is 662 g/mol. The van der Waals surface area contributed by atoms with Crippen LogP contribution in [-0.4, -0.2) is 68.7 Å². The fraction of sp³-hybridized carbons (Fsp3) is 0.361. The molecule has 2 amide bonds. The number of nitrogens with zero attached hydrogens (tertiary/aromatic N) is 2. The second-order valence-corrected chi connectivity index (χ2v) is 11.3. The van der Waals surface area contributed by atoms with E-state index in [0.29, 0.717) is 104 Å². The molecule has 0 saturated heterocycles. The number of hydrogen-bond donors (Lipinski definition) is 2. The van der Waals surface area contributed by atoms with Gasteiger partial charge in [-0.1, -0.05) is 0 Å². The molecule has 48 heavy (non-hydrogen) atoms. The lowest BCUT2D eigenvalue weighted by Crippen LogP contribution is -2.41. The number of nitrogens with two attached hydrogens (primary N) is 1. The van der Waals surface area contributed by atoms with E-state index >= 15 is 0 Å². The standard InChI is InChI=1S/C36H40FN3O8/c1-44-32-23-29-30(24-33(32)47-22-4-21-46-20-3-19-45-18-2-17-41)39-16-13-31(29)48-28-11-9-27(10-12-28)40(26-7-5-25(37)6-8-26)35(43)36(14-15-36)34(38)42/h5-13,16,23-24,41H,2-4,14-15,17-22H2,1H3,(H2,38,42). The number of carbonyl (C=O) groups is 2. The molecule has 1 fully saturated rings. The molecular weight excluding hydrogens is 621 g/mol. The van der Waals surface area contributed by atoms with Gasteiger partial charge in [-0.3, -0.25) is 19.5 Å². The Bertz CT molecular complexity index is 1680. The number of rotatable bonds is 19. The van der Waals surface area contributed by atoms with Crippen molar-refractivity contribution in [3.63, 3.8) is 0 Å². The summed E-state index contributed by atoms with van der Waals surface area (Å²) in [5.41, 5.74) is 5.86. The van der Waals surface area contributed by atoms with Crippen molar-refractivity contribution in [3.05, 3.63) is 78.7 Å². The molecule has 0 aliphatic heterocycles. The Labute approximate surface area is 278 Å². The van der Waals surface area contributed by atoms with Crippen molar-refractivity contribution < 1.29 is 42.8 Å². The molecule has 254 valence electrons. The minimum Gasteiger partial charge on any atom is -0.493 e. The topological polar surface area (TPSA) is 143 Å². The first-order valence-electron chi connectivity index (χ1n) is 15.9. The van der Waals surface area contributed by atoms with Gasteiger partial charge in [-0.05, 0) is 86.3 Å². The van der Waals surface area contributed by atoms with Crippen molar-refractivity contribution in [2.24, 2.45) is 11.1 Å². The zero-order valence-corrected chi connectivity index (χ0v) is 26.9. The molecule has 0 spiro atoms. The maximum Gasteiger partial charge on any atom is 0.247 e. The zero-order chi connectivity index (χ0) is 33.9. The zero-order valence-electron chi connectivity index (χ0n) is 26.9. The number of benzene rings is 3. The van der Waals surface area contributed by atoms with Crippen molar-refractivity contribution in [2.75, 3.05) is 51.7 Å². The van der Waals surface area contributed by atoms with E-state index in [4.69, 9.17) is 34.5 Å².